The van der Waals surface area contributed by atoms with Crippen molar-refractivity contribution in [1.82, 2.24) is 40.7 Å². The highest BCUT2D eigenvalue weighted by molar-refractivity contribution is 5.92. The second kappa shape index (κ2) is 21.8. The summed E-state index contributed by atoms with van der Waals surface area (Å²) in [7, 11) is 0. The van der Waals surface area contributed by atoms with Crippen molar-refractivity contribution in [2.45, 2.75) is 97.9 Å². The number of fused-ring (bicyclic) bond motifs is 2. The highest BCUT2D eigenvalue weighted by atomic mass is 19.4. The monoisotopic (exact) mass is 742 g/mol. The van der Waals surface area contributed by atoms with Crippen LogP contribution in [0, 0.1) is 0 Å². The molecule has 0 saturated heterocycles. The Morgan fingerprint density at radius 1 is 0.792 bits per heavy atom. The topological polar surface area (TPSA) is 158 Å². The van der Waals surface area contributed by atoms with E-state index in [4.69, 9.17) is 15.4 Å². The van der Waals surface area contributed by atoms with Crippen LogP contribution in [-0.2, 0) is 35.5 Å². The molecule has 0 atom stereocenters. The number of rotatable bonds is 19. The number of alkyl halides is 3. The van der Waals surface area contributed by atoms with Gasteiger partial charge < -0.3 is 19.8 Å². The van der Waals surface area contributed by atoms with Crippen molar-refractivity contribution in [3.8, 4) is 0 Å². The van der Waals surface area contributed by atoms with Gasteiger partial charge in [-0.05, 0) is 60.5 Å². The van der Waals surface area contributed by atoms with Crippen LogP contribution in [0.5, 0.6) is 0 Å². The number of likely N-dealkylation sites (N-methyl/N-ethyl adjacent to an activating group) is 1. The van der Waals surface area contributed by atoms with Gasteiger partial charge in [-0.2, -0.15) is 13.2 Å². The van der Waals surface area contributed by atoms with Gasteiger partial charge in [-0.3, -0.25) is 20.0 Å². The Labute approximate surface area is 308 Å². The maximum absolute atomic E-state index is 12.6. The first-order valence-corrected chi connectivity index (χ1v) is 18.1. The molecule has 2 heterocycles. The molecular formula is C38H53F3N8O4. The molecule has 0 fully saturated rings. The number of benzene rings is 2. The summed E-state index contributed by atoms with van der Waals surface area (Å²) in [6.45, 7) is 12.2. The van der Waals surface area contributed by atoms with Crippen LogP contribution in [0.25, 0.3) is 34.2 Å². The molecule has 15 heteroatoms. The van der Waals surface area contributed by atoms with Crippen molar-refractivity contribution >= 4 is 46.0 Å². The molecule has 0 radical (unpaired) electrons. The molecule has 2 aromatic carbocycles. The fourth-order valence-corrected chi connectivity index (χ4v) is 5.70. The quantitative estimate of drug-likeness (QED) is 0.0282. The van der Waals surface area contributed by atoms with Crippen LogP contribution in [0.4, 0.5) is 13.2 Å². The zero-order valence-corrected chi connectivity index (χ0v) is 31.0. The maximum atomic E-state index is 12.6. The van der Waals surface area contributed by atoms with Gasteiger partial charge >= 0.3 is 6.18 Å². The molecule has 0 spiro atoms. The summed E-state index contributed by atoms with van der Waals surface area (Å²) >= 11 is 0. The van der Waals surface area contributed by atoms with E-state index in [9.17, 15) is 22.8 Å². The van der Waals surface area contributed by atoms with E-state index in [1.807, 2.05) is 26.0 Å². The maximum Gasteiger partial charge on any atom is 0.389 e. The number of hydrogen-bond donors (Lipinski definition) is 6. The second-order valence-corrected chi connectivity index (χ2v) is 12.9. The van der Waals surface area contributed by atoms with Gasteiger partial charge in [-0.15, -0.1) is 0 Å². The Bertz CT molecular complexity index is 1810. The Morgan fingerprint density at radius 2 is 1.32 bits per heavy atom. The largest absolute Gasteiger partial charge is 0.389 e. The fourth-order valence-electron chi connectivity index (χ4n) is 5.70. The zero-order chi connectivity index (χ0) is 38.8. The third-order valence-electron chi connectivity index (χ3n) is 8.31. The van der Waals surface area contributed by atoms with Gasteiger partial charge in [0.2, 0.25) is 0 Å². The second-order valence-electron chi connectivity index (χ2n) is 12.9. The Hall–Kier alpha value is -4.57. The normalized spacial score (nSPS) is 12.0. The molecular weight excluding hydrogens is 689 g/mol. The number of halogens is 3. The molecule has 0 aliphatic carbocycles. The van der Waals surface area contributed by atoms with E-state index in [1.54, 1.807) is 34.3 Å². The van der Waals surface area contributed by atoms with Crippen LogP contribution in [0.1, 0.15) is 82.6 Å². The first kappa shape index (κ1) is 42.8. The highest BCUT2D eigenvalue weighted by Crippen LogP contribution is 2.25. The number of nitrogens with zero attached hydrogens (tertiary/aromatic N) is 4. The van der Waals surface area contributed by atoms with Crippen LogP contribution in [-0.4, -0.2) is 73.2 Å². The van der Waals surface area contributed by atoms with Gasteiger partial charge in [-0.1, -0.05) is 59.1 Å². The van der Waals surface area contributed by atoms with Crippen LogP contribution < -0.4 is 21.6 Å². The lowest BCUT2D eigenvalue weighted by Gasteiger charge is -2.13. The number of aromatic nitrogens is 4. The number of imidazole rings is 2. The van der Waals surface area contributed by atoms with E-state index in [0.29, 0.717) is 30.0 Å². The number of hydroxylamine groups is 2. The predicted molar refractivity (Wildman–Crippen MR) is 201 cm³/mol. The average Bonchev–Trinajstić information content (AvgIpc) is 3.66. The van der Waals surface area contributed by atoms with Gasteiger partial charge in [0.15, 0.2) is 0 Å². The minimum atomic E-state index is -4.25. The van der Waals surface area contributed by atoms with E-state index < -0.39 is 24.4 Å². The Morgan fingerprint density at radius 3 is 1.79 bits per heavy atom. The lowest BCUT2D eigenvalue weighted by atomic mass is 10.1. The van der Waals surface area contributed by atoms with Crippen LogP contribution in [0.3, 0.4) is 0 Å². The molecule has 53 heavy (non-hydrogen) atoms. The number of unbranched alkanes of at least 4 members (excludes halogenated alkanes) is 3. The summed E-state index contributed by atoms with van der Waals surface area (Å²) in [4.78, 5) is 31.4. The molecule has 4 rings (SSSR count). The summed E-state index contributed by atoms with van der Waals surface area (Å²) in [5.74, 6) is 0.287. The van der Waals surface area contributed by atoms with Crippen molar-refractivity contribution in [1.29, 1.82) is 0 Å². The lowest BCUT2D eigenvalue weighted by molar-refractivity contribution is -0.134. The number of aryl methyl sites for hydroxylation is 2. The summed E-state index contributed by atoms with van der Waals surface area (Å²) in [5.41, 5.74) is 7.98. The first-order valence-electron chi connectivity index (χ1n) is 18.1. The number of amides is 2. The van der Waals surface area contributed by atoms with Gasteiger partial charge in [0.1, 0.15) is 11.6 Å². The molecule has 2 amide bonds. The summed E-state index contributed by atoms with van der Waals surface area (Å²) < 4.78 is 42.0. The predicted octanol–water partition coefficient (Wildman–Crippen LogP) is 6.34. The smallest absolute Gasteiger partial charge is 0.327 e. The van der Waals surface area contributed by atoms with Crippen LogP contribution >= 0.6 is 0 Å². The van der Waals surface area contributed by atoms with Crippen molar-refractivity contribution in [2.75, 3.05) is 19.6 Å². The van der Waals surface area contributed by atoms with Crippen molar-refractivity contribution in [3.63, 3.8) is 0 Å². The Kier molecular flexibility index (Phi) is 17.6. The van der Waals surface area contributed by atoms with Crippen LogP contribution in [0.15, 0.2) is 48.6 Å². The summed E-state index contributed by atoms with van der Waals surface area (Å²) in [6.07, 6.45) is 6.10. The minimum absolute atomic E-state index is 0.196. The molecule has 0 aliphatic heterocycles. The average molecular weight is 743 g/mol. The van der Waals surface area contributed by atoms with E-state index in [2.05, 4.69) is 40.1 Å². The van der Waals surface area contributed by atoms with Gasteiger partial charge in [0, 0.05) is 57.2 Å². The molecule has 0 aliphatic rings. The number of nitrogens with one attached hydrogen (secondary N) is 4. The lowest BCUT2D eigenvalue weighted by Crippen LogP contribution is -2.27. The molecule has 2 aromatic heterocycles. The van der Waals surface area contributed by atoms with Crippen molar-refractivity contribution in [3.05, 3.63) is 71.3 Å². The van der Waals surface area contributed by atoms with Crippen molar-refractivity contribution in [2.24, 2.45) is 0 Å². The molecule has 4 aromatic rings. The van der Waals surface area contributed by atoms with Gasteiger partial charge in [-0.25, -0.2) is 20.9 Å². The standard InChI is InChI=1S/C20H30N4O2.C18H23F3N4O2/c1-3-5-6-7-8-19-22-17-15-16(10-12-20(25)23-26)9-11-18(17)24(19)14-13-21-4-2;1-12(2)22-9-10-25-15-5-3-13(4-6-17(26)24-27)11-14(15)23-16(25)7-8-18(19,20)21/h9-12,15,21,26H,3-8,13-14H2,1-2H3,(H,23,25);3-6,11-12,22,27H,7-10H2,1-2H3,(H,24,26). The molecule has 6 N–H and O–H groups in total. The van der Waals surface area contributed by atoms with Crippen LogP contribution in [0.2, 0.25) is 0 Å². The molecule has 0 unspecified atom stereocenters. The zero-order valence-electron chi connectivity index (χ0n) is 31.0. The van der Waals surface area contributed by atoms with E-state index >= 15 is 0 Å². The third-order valence-corrected chi connectivity index (χ3v) is 8.31. The molecule has 12 nitrogen and oxygen atoms in total. The van der Waals surface area contributed by atoms with Crippen molar-refractivity contribution < 1.29 is 33.2 Å². The molecule has 0 saturated carbocycles. The van der Waals surface area contributed by atoms with Gasteiger partial charge in [0.05, 0.1) is 28.5 Å². The number of hydrogen-bond acceptors (Lipinski definition) is 8. The summed E-state index contributed by atoms with van der Waals surface area (Å²) in [6, 6.07) is 11.5. The third kappa shape index (κ3) is 14.4. The van der Waals surface area contributed by atoms with E-state index in [-0.39, 0.29) is 12.5 Å². The number of carbonyl (C=O) groups excluding carboxylic acids is 2. The van der Waals surface area contributed by atoms with E-state index in [0.717, 1.165) is 66.5 Å². The molecule has 290 valence electrons. The minimum Gasteiger partial charge on any atom is -0.327 e. The Balaban J connectivity index is 0.000000286. The fraction of sp³-hybridized carbons (Fsp3) is 0.474. The highest BCUT2D eigenvalue weighted by Gasteiger charge is 2.28. The SMILES string of the molecule is CC(C)NCCn1c(CCC(F)(F)F)nc2cc(C=CC(=O)NO)ccc21.CCCCCCc1nc2cc(C=CC(=O)NO)ccc2n1CCNCC. The molecule has 0 bridgehead atoms. The van der Waals surface area contributed by atoms with Gasteiger partial charge in [0.25, 0.3) is 11.8 Å². The summed E-state index contributed by atoms with van der Waals surface area (Å²) in [5, 5.41) is 23.7. The first-order chi connectivity index (χ1) is 25.4. The number of carbonyl (C=O) groups is 2. The van der Waals surface area contributed by atoms with E-state index in [1.165, 1.54) is 36.9 Å².